The van der Waals surface area contributed by atoms with Gasteiger partial charge >= 0.3 is 0 Å². The largest absolute Gasteiger partial charge is 0.298 e. The van der Waals surface area contributed by atoms with E-state index in [1.165, 1.54) is 25.4 Å². The number of rotatable bonds is 6. The molecule has 11 heteroatoms. The molecule has 0 bridgehead atoms. The SMILES string of the molecule is Cc1ccc([N+](=O)[O-])cc1S(=O)(=O)N(C)/N=C/c1cnc2ccc(-c3cccnc3)cn12. The van der Waals surface area contributed by atoms with E-state index in [2.05, 4.69) is 15.1 Å². The van der Waals surface area contributed by atoms with Gasteiger partial charge in [0.1, 0.15) is 5.65 Å². The third-order valence-corrected chi connectivity index (χ3v) is 6.68. The summed E-state index contributed by atoms with van der Waals surface area (Å²) in [6.07, 6.45) is 8.24. The highest BCUT2D eigenvalue weighted by Crippen LogP contribution is 2.24. The second-order valence-electron chi connectivity index (χ2n) is 6.96. The summed E-state index contributed by atoms with van der Waals surface area (Å²) in [5.74, 6) is 0. The molecule has 162 valence electrons. The molecule has 3 heterocycles. The Morgan fingerprint density at radius 2 is 1.97 bits per heavy atom. The van der Waals surface area contributed by atoms with Crippen molar-refractivity contribution in [1.29, 1.82) is 0 Å². The summed E-state index contributed by atoms with van der Waals surface area (Å²) in [6, 6.07) is 11.2. The minimum absolute atomic E-state index is 0.177. The number of imidazole rings is 1. The summed E-state index contributed by atoms with van der Waals surface area (Å²) in [4.78, 5) is 18.7. The van der Waals surface area contributed by atoms with Crippen molar-refractivity contribution >= 4 is 27.6 Å². The number of fused-ring (bicyclic) bond motifs is 1. The van der Waals surface area contributed by atoms with Crippen molar-refractivity contribution in [3.8, 4) is 11.1 Å². The molecule has 0 unspecified atom stereocenters. The van der Waals surface area contributed by atoms with Crippen LogP contribution in [-0.4, -0.2) is 45.4 Å². The van der Waals surface area contributed by atoms with E-state index in [1.807, 2.05) is 30.5 Å². The number of non-ortho nitro benzene ring substituents is 1. The number of pyridine rings is 2. The number of hydrazone groups is 1. The van der Waals surface area contributed by atoms with Crippen molar-refractivity contribution in [3.63, 3.8) is 0 Å². The molecule has 4 aromatic rings. The van der Waals surface area contributed by atoms with Gasteiger partial charge in [0.25, 0.3) is 15.7 Å². The van der Waals surface area contributed by atoms with Crippen LogP contribution in [0.4, 0.5) is 5.69 Å². The lowest BCUT2D eigenvalue weighted by Gasteiger charge is -2.15. The number of benzene rings is 1. The fraction of sp³-hybridized carbons (Fsp3) is 0.0952. The number of nitrogens with zero attached hydrogens (tertiary/aromatic N) is 6. The molecule has 0 spiro atoms. The first kappa shape index (κ1) is 21.1. The third-order valence-electron chi connectivity index (χ3n) is 4.89. The van der Waals surface area contributed by atoms with Crippen molar-refractivity contribution in [2.45, 2.75) is 11.8 Å². The summed E-state index contributed by atoms with van der Waals surface area (Å²) in [5, 5.41) is 15.1. The van der Waals surface area contributed by atoms with Crippen LogP contribution in [-0.2, 0) is 10.0 Å². The van der Waals surface area contributed by atoms with Crippen LogP contribution in [0.2, 0.25) is 0 Å². The van der Waals surface area contributed by atoms with Gasteiger partial charge in [0.2, 0.25) is 0 Å². The summed E-state index contributed by atoms with van der Waals surface area (Å²) in [6.45, 7) is 1.57. The second-order valence-corrected chi connectivity index (χ2v) is 8.88. The van der Waals surface area contributed by atoms with Crippen LogP contribution >= 0.6 is 0 Å². The predicted molar refractivity (Wildman–Crippen MR) is 119 cm³/mol. The third kappa shape index (κ3) is 3.93. The monoisotopic (exact) mass is 450 g/mol. The van der Waals surface area contributed by atoms with Gasteiger partial charge < -0.3 is 0 Å². The van der Waals surface area contributed by atoms with E-state index in [1.54, 1.807) is 29.9 Å². The molecule has 0 aliphatic carbocycles. The number of nitro groups is 1. The average molecular weight is 450 g/mol. The fourth-order valence-electron chi connectivity index (χ4n) is 3.12. The molecule has 0 radical (unpaired) electrons. The highest BCUT2D eigenvalue weighted by Gasteiger charge is 2.24. The lowest BCUT2D eigenvalue weighted by molar-refractivity contribution is -0.385. The molecule has 0 saturated carbocycles. The molecule has 10 nitrogen and oxygen atoms in total. The first-order valence-corrected chi connectivity index (χ1v) is 10.9. The van der Waals surface area contributed by atoms with Crippen LogP contribution in [0.1, 0.15) is 11.3 Å². The maximum atomic E-state index is 13.0. The highest BCUT2D eigenvalue weighted by molar-refractivity contribution is 7.89. The van der Waals surface area contributed by atoms with Crippen molar-refractivity contribution in [1.82, 2.24) is 18.8 Å². The van der Waals surface area contributed by atoms with Gasteiger partial charge in [-0.05, 0) is 30.7 Å². The van der Waals surface area contributed by atoms with E-state index in [0.717, 1.165) is 21.6 Å². The molecule has 0 N–H and O–H groups in total. The van der Waals surface area contributed by atoms with E-state index < -0.39 is 14.9 Å². The molecule has 4 rings (SSSR count). The van der Waals surface area contributed by atoms with Gasteiger partial charge in [-0.15, -0.1) is 0 Å². The lowest BCUT2D eigenvalue weighted by Crippen LogP contribution is -2.23. The van der Waals surface area contributed by atoms with Gasteiger partial charge in [-0.2, -0.15) is 17.9 Å². The predicted octanol–water partition coefficient (Wildman–Crippen LogP) is 3.27. The summed E-state index contributed by atoms with van der Waals surface area (Å²) >= 11 is 0. The number of sulfonamides is 1. The van der Waals surface area contributed by atoms with Gasteiger partial charge in [-0.25, -0.2) is 4.98 Å². The number of aryl methyl sites for hydroxylation is 1. The highest BCUT2D eigenvalue weighted by atomic mass is 32.2. The molecular formula is C21H18N6O4S. The Morgan fingerprint density at radius 3 is 2.69 bits per heavy atom. The van der Waals surface area contributed by atoms with E-state index >= 15 is 0 Å². The molecule has 1 aromatic carbocycles. The molecular weight excluding hydrogens is 432 g/mol. The van der Waals surface area contributed by atoms with Crippen molar-refractivity contribution in [3.05, 3.63) is 88.6 Å². The molecule has 0 aliphatic rings. The van der Waals surface area contributed by atoms with Crippen molar-refractivity contribution < 1.29 is 13.3 Å². The van der Waals surface area contributed by atoms with E-state index in [9.17, 15) is 18.5 Å². The average Bonchev–Trinajstić information content (AvgIpc) is 3.20. The standard InChI is InChI=1S/C21H18N6O4S/c1-15-5-7-18(27(28)29)10-20(15)32(30,31)25(2)24-13-19-12-23-21-8-6-17(14-26(19)21)16-4-3-9-22-11-16/h3-14H,1-2H3/b24-13+. The number of aromatic nitrogens is 3. The Kier molecular flexibility index (Phi) is 5.41. The Labute approximate surface area is 183 Å². The molecule has 0 atom stereocenters. The fourth-order valence-corrected chi connectivity index (χ4v) is 4.32. The summed E-state index contributed by atoms with van der Waals surface area (Å²) < 4.78 is 28.5. The Hall–Kier alpha value is -4.12. The Bertz CT molecular complexity index is 1450. The van der Waals surface area contributed by atoms with Crippen LogP contribution in [0.5, 0.6) is 0 Å². The minimum atomic E-state index is -4.09. The lowest BCUT2D eigenvalue weighted by atomic mass is 10.1. The van der Waals surface area contributed by atoms with Gasteiger partial charge in [0.15, 0.2) is 0 Å². The zero-order valence-corrected chi connectivity index (χ0v) is 18.0. The Balaban J connectivity index is 1.67. The van der Waals surface area contributed by atoms with E-state index in [4.69, 9.17) is 0 Å². The van der Waals surface area contributed by atoms with Crippen LogP contribution in [0.15, 0.2) is 77.2 Å². The Morgan fingerprint density at radius 1 is 1.16 bits per heavy atom. The zero-order valence-electron chi connectivity index (χ0n) is 17.2. The number of nitro benzene ring substituents is 1. The van der Waals surface area contributed by atoms with Crippen molar-refractivity contribution in [2.75, 3.05) is 7.05 Å². The van der Waals surface area contributed by atoms with Crippen LogP contribution in [0, 0.1) is 17.0 Å². The molecule has 0 saturated heterocycles. The minimum Gasteiger partial charge on any atom is -0.298 e. The molecule has 32 heavy (non-hydrogen) atoms. The maximum Gasteiger partial charge on any atom is 0.279 e. The smallest absolute Gasteiger partial charge is 0.279 e. The van der Waals surface area contributed by atoms with Gasteiger partial charge in [-0.1, -0.05) is 12.1 Å². The van der Waals surface area contributed by atoms with Crippen LogP contribution in [0.25, 0.3) is 16.8 Å². The van der Waals surface area contributed by atoms with E-state index in [0.29, 0.717) is 16.9 Å². The van der Waals surface area contributed by atoms with Gasteiger partial charge in [-0.3, -0.25) is 19.5 Å². The summed E-state index contributed by atoms with van der Waals surface area (Å²) in [5.41, 5.74) is 3.13. The maximum absolute atomic E-state index is 13.0. The molecule has 3 aromatic heterocycles. The quantitative estimate of drug-likeness (QED) is 0.252. The first-order valence-electron chi connectivity index (χ1n) is 9.43. The number of hydrogen-bond donors (Lipinski definition) is 0. The van der Waals surface area contributed by atoms with Gasteiger partial charge in [0.05, 0.1) is 27.9 Å². The number of hydrogen-bond acceptors (Lipinski definition) is 7. The summed E-state index contributed by atoms with van der Waals surface area (Å²) in [7, 11) is -2.82. The molecule has 0 fully saturated rings. The topological polar surface area (TPSA) is 123 Å². The first-order chi connectivity index (χ1) is 15.3. The van der Waals surface area contributed by atoms with E-state index in [-0.39, 0.29) is 10.6 Å². The van der Waals surface area contributed by atoms with Crippen LogP contribution < -0.4 is 0 Å². The van der Waals surface area contributed by atoms with Crippen LogP contribution in [0.3, 0.4) is 0 Å². The van der Waals surface area contributed by atoms with Crippen molar-refractivity contribution in [2.24, 2.45) is 5.10 Å². The zero-order chi connectivity index (χ0) is 22.9. The second kappa shape index (κ2) is 8.19. The normalized spacial score (nSPS) is 11.8. The van der Waals surface area contributed by atoms with Gasteiger partial charge in [0, 0.05) is 48.9 Å². The molecule has 0 amide bonds. The molecule has 0 aliphatic heterocycles.